The smallest absolute Gasteiger partial charge is 0.325 e. The number of nitrogen functional groups attached to an aromatic ring is 1. The number of carbonyl (C=O) groups excluding carboxylic acids is 1. The van der Waals surface area contributed by atoms with E-state index >= 15 is 0 Å². The summed E-state index contributed by atoms with van der Waals surface area (Å²) in [6.07, 6.45) is 3.86. The molecule has 2 aromatic rings. The number of carboxylic acid groups (broad SMARTS) is 1. The van der Waals surface area contributed by atoms with Crippen molar-refractivity contribution in [1.82, 2.24) is 19.9 Å². The number of anilines is 1. The SMILES string of the molecule is C[S+](CC[C@H](N)C(=O)[O-])c1nc2nc(N)ncc2[nH]1. The molecule has 0 saturated carbocycles. The maximum Gasteiger partial charge on any atom is 0.325 e. The molecule has 0 aliphatic rings. The van der Waals surface area contributed by atoms with Crippen molar-refractivity contribution < 1.29 is 9.90 Å². The van der Waals surface area contributed by atoms with E-state index in [0.29, 0.717) is 23.3 Å². The zero-order valence-electron chi connectivity index (χ0n) is 10.3. The second-order valence-electron chi connectivity index (χ2n) is 4.06. The van der Waals surface area contributed by atoms with Crippen LogP contribution in [0.4, 0.5) is 5.95 Å². The fraction of sp³-hybridized carbons (Fsp3) is 0.400. The highest BCUT2D eigenvalue weighted by Gasteiger charge is 2.22. The molecular weight excluding hydrogens is 268 g/mol. The van der Waals surface area contributed by atoms with Crippen LogP contribution in [-0.4, -0.2) is 44.0 Å². The van der Waals surface area contributed by atoms with Gasteiger partial charge in [-0.1, -0.05) is 0 Å². The largest absolute Gasteiger partial charge is 0.548 e. The summed E-state index contributed by atoms with van der Waals surface area (Å²) in [6, 6.07) is -0.949. The van der Waals surface area contributed by atoms with Gasteiger partial charge in [0.15, 0.2) is 5.65 Å². The summed E-state index contributed by atoms with van der Waals surface area (Å²) in [5.41, 5.74) is 12.1. The molecule has 0 amide bonds. The van der Waals surface area contributed by atoms with Crippen molar-refractivity contribution in [2.24, 2.45) is 5.73 Å². The molecule has 102 valence electrons. The molecule has 2 rings (SSSR count). The van der Waals surface area contributed by atoms with Gasteiger partial charge in [0.05, 0.1) is 23.1 Å². The number of imidazole rings is 1. The Hall–Kier alpha value is -1.87. The third kappa shape index (κ3) is 3.12. The first kappa shape index (κ1) is 13.6. The first-order valence-corrected chi connectivity index (χ1v) is 7.35. The van der Waals surface area contributed by atoms with Crippen LogP contribution in [0.3, 0.4) is 0 Å². The zero-order valence-corrected chi connectivity index (χ0v) is 11.1. The lowest BCUT2D eigenvalue weighted by atomic mass is 10.2. The second kappa shape index (κ2) is 5.41. The number of carboxylic acids is 1. The van der Waals surface area contributed by atoms with Crippen LogP contribution in [0.5, 0.6) is 0 Å². The van der Waals surface area contributed by atoms with Crippen LogP contribution in [0.25, 0.3) is 11.2 Å². The van der Waals surface area contributed by atoms with E-state index in [2.05, 4.69) is 19.9 Å². The summed E-state index contributed by atoms with van der Waals surface area (Å²) in [6.45, 7) is 0. The van der Waals surface area contributed by atoms with E-state index < -0.39 is 12.0 Å². The Balaban J connectivity index is 2.09. The molecule has 8 nitrogen and oxygen atoms in total. The first-order valence-electron chi connectivity index (χ1n) is 5.54. The van der Waals surface area contributed by atoms with Crippen molar-refractivity contribution >= 4 is 34.0 Å². The number of hydrogen-bond acceptors (Lipinski definition) is 7. The van der Waals surface area contributed by atoms with Crippen molar-refractivity contribution in [3.8, 4) is 0 Å². The summed E-state index contributed by atoms with van der Waals surface area (Å²) < 4.78 is 0. The number of nitrogens with zero attached hydrogens (tertiary/aromatic N) is 3. The maximum atomic E-state index is 10.5. The number of aliphatic carboxylic acids is 1. The Bertz CT molecular complexity index is 601. The van der Waals surface area contributed by atoms with Crippen LogP contribution in [0.15, 0.2) is 11.4 Å². The van der Waals surface area contributed by atoms with Crippen LogP contribution in [0, 0.1) is 0 Å². The number of hydrogen-bond donors (Lipinski definition) is 3. The number of rotatable bonds is 5. The number of carbonyl (C=O) groups is 1. The van der Waals surface area contributed by atoms with Gasteiger partial charge in [-0.3, -0.25) is 4.98 Å². The molecule has 0 fully saturated rings. The summed E-state index contributed by atoms with van der Waals surface area (Å²) in [5, 5.41) is 11.3. The number of aromatic amines is 1. The molecular formula is C10H14N6O2S. The molecule has 0 radical (unpaired) electrons. The molecule has 0 bridgehead atoms. The van der Waals surface area contributed by atoms with Gasteiger partial charge in [-0.25, -0.2) is 4.98 Å². The van der Waals surface area contributed by atoms with Gasteiger partial charge in [0.1, 0.15) is 17.5 Å². The number of nitrogens with two attached hydrogens (primary N) is 2. The summed E-state index contributed by atoms with van der Waals surface area (Å²) >= 11 is 0. The third-order valence-electron chi connectivity index (χ3n) is 2.60. The Morgan fingerprint density at radius 1 is 1.58 bits per heavy atom. The highest BCUT2D eigenvalue weighted by atomic mass is 32.2. The predicted molar refractivity (Wildman–Crippen MR) is 70.1 cm³/mol. The molecule has 0 aliphatic carbocycles. The van der Waals surface area contributed by atoms with Crippen molar-refractivity contribution in [3.05, 3.63) is 6.20 Å². The molecule has 2 heterocycles. The quantitative estimate of drug-likeness (QED) is 0.538. The summed E-state index contributed by atoms with van der Waals surface area (Å²) in [5.74, 6) is -0.460. The molecule has 2 aromatic heterocycles. The zero-order chi connectivity index (χ0) is 14.0. The van der Waals surface area contributed by atoms with E-state index in [0.717, 1.165) is 5.16 Å². The monoisotopic (exact) mass is 282 g/mol. The van der Waals surface area contributed by atoms with Gasteiger partial charge in [-0.05, 0) is 0 Å². The van der Waals surface area contributed by atoms with Gasteiger partial charge < -0.3 is 21.4 Å². The van der Waals surface area contributed by atoms with Gasteiger partial charge in [0, 0.05) is 12.5 Å². The fourth-order valence-electron chi connectivity index (χ4n) is 1.48. The number of fused-ring (bicyclic) bond motifs is 1. The summed E-state index contributed by atoms with van der Waals surface area (Å²) in [4.78, 5) is 25.8. The Morgan fingerprint density at radius 2 is 2.32 bits per heavy atom. The highest BCUT2D eigenvalue weighted by Crippen LogP contribution is 2.14. The molecule has 0 spiro atoms. The average molecular weight is 282 g/mol. The van der Waals surface area contributed by atoms with Gasteiger partial charge >= 0.3 is 5.16 Å². The molecule has 1 unspecified atom stereocenters. The minimum absolute atomic E-state index is 0.167. The van der Waals surface area contributed by atoms with Crippen molar-refractivity contribution in [2.75, 3.05) is 17.7 Å². The number of aromatic nitrogens is 4. The van der Waals surface area contributed by atoms with E-state index in [-0.39, 0.29) is 16.8 Å². The van der Waals surface area contributed by atoms with Crippen LogP contribution < -0.4 is 16.6 Å². The van der Waals surface area contributed by atoms with Gasteiger partial charge in [0.25, 0.3) is 0 Å². The Kier molecular flexibility index (Phi) is 3.86. The number of nitrogens with one attached hydrogen (secondary N) is 1. The number of H-pyrrole nitrogens is 1. The lowest BCUT2D eigenvalue weighted by molar-refractivity contribution is -0.307. The van der Waals surface area contributed by atoms with E-state index in [1.165, 1.54) is 0 Å². The van der Waals surface area contributed by atoms with E-state index in [4.69, 9.17) is 11.5 Å². The first-order chi connectivity index (χ1) is 8.97. The molecule has 19 heavy (non-hydrogen) atoms. The van der Waals surface area contributed by atoms with Crippen molar-refractivity contribution in [3.63, 3.8) is 0 Å². The second-order valence-corrected chi connectivity index (χ2v) is 6.13. The highest BCUT2D eigenvalue weighted by molar-refractivity contribution is 7.96. The minimum atomic E-state index is -1.24. The van der Waals surface area contributed by atoms with Crippen LogP contribution in [0.1, 0.15) is 6.42 Å². The standard InChI is InChI=1S/C10H14N6O2S/c1-19(3-2-5(11)8(17)18)10-14-6-4-13-9(12)15-7(6)16-10/h4-5H,2-3,11H2,1H3,(H3-,12,13,14,15,16,17,18)/t5-,19?/m0/s1. The van der Waals surface area contributed by atoms with E-state index in [1.807, 2.05) is 6.26 Å². The molecule has 0 aliphatic heterocycles. The van der Waals surface area contributed by atoms with Gasteiger partial charge in [0.2, 0.25) is 5.95 Å². The molecule has 0 saturated heterocycles. The Labute approximate surface area is 112 Å². The van der Waals surface area contributed by atoms with Crippen LogP contribution in [0.2, 0.25) is 0 Å². The normalized spacial score (nSPS) is 14.4. The van der Waals surface area contributed by atoms with E-state index in [1.54, 1.807) is 6.20 Å². The maximum absolute atomic E-state index is 10.5. The molecule has 9 heteroatoms. The third-order valence-corrected chi connectivity index (χ3v) is 4.31. The van der Waals surface area contributed by atoms with Crippen LogP contribution >= 0.6 is 0 Å². The van der Waals surface area contributed by atoms with Gasteiger partial charge in [-0.2, -0.15) is 9.97 Å². The van der Waals surface area contributed by atoms with E-state index in [9.17, 15) is 9.90 Å². The summed E-state index contributed by atoms with van der Waals surface area (Å²) in [7, 11) is -0.256. The fourth-order valence-corrected chi connectivity index (χ4v) is 2.81. The molecule has 5 N–H and O–H groups in total. The average Bonchev–Trinajstić information content (AvgIpc) is 2.78. The lowest BCUT2D eigenvalue weighted by Gasteiger charge is -2.10. The minimum Gasteiger partial charge on any atom is -0.548 e. The topological polar surface area (TPSA) is 147 Å². The lowest BCUT2D eigenvalue weighted by Crippen LogP contribution is -2.42. The molecule has 2 atom stereocenters. The predicted octanol–water partition coefficient (Wildman–Crippen LogP) is -1.99. The Morgan fingerprint density at radius 3 is 3.00 bits per heavy atom. The van der Waals surface area contributed by atoms with Crippen molar-refractivity contribution in [1.29, 1.82) is 0 Å². The van der Waals surface area contributed by atoms with Gasteiger partial charge in [-0.15, -0.1) is 0 Å². The van der Waals surface area contributed by atoms with Crippen molar-refractivity contribution in [2.45, 2.75) is 17.6 Å². The molecule has 0 aromatic carbocycles. The van der Waals surface area contributed by atoms with Crippen LogP contribution in [-0.2, 0) is 15.7 Å².